The zero-order chi connectivity index (χ0) is 21.2. The summed E-state index contributed by atoms with van der Waals surface area (Å²) in [5.74, 6) is 0.0726. The third kappa shape index (κ3) is 8.02. The van der Waals surface area contributed by atoms with Crippen LogP contribution in [0.25, 0.3) is 0 Å². The smallest absolute Gasteiger partial charge is 0.274 e. The quantitative estimate of drug-likeness (QED) is 0.668. The summed E-state index contributed by atoms with van der Waals surface area (Å²) >= 11 is 0. The second kappa shape index (κ2) is 11.3. The molecule has 0 fully saturated rings. The number of carbonyl (C=O) groups is 2. The Hall–Kier alpha value is -2.76. The maximum absolute atomic E-state index is 12.8. The molecule has 0 aliphatic heterocycles. The fourth-order valence-electron chi connectivity index (χ4n) is 3.07. The number of amides is 2. The molecule has 0 aliphatic carbocycles. The molecule has 29 heavy (non-hydrogen) atoms. The fourth-order valence-corrected chi connectivity index (χ4v) is 3.07. The Morgan fingerprint density at radius 3 is 2.41 bits per heavy atom. The minimum atomic E-state index is -0.184. The van der Waals surface area contributed by atoms with Gasteiger partial charge in [0, 0.05) is 31.7 Å². The van der Waals surface area contributed by atoms with Crippen molar-refractivity contribution >= 4 is 11.8 Å². The van der Waals surface area contributed by atoms with Crippen molar-refractivity contribution in [2.45, 2.75) is 53.0 Å². The van der Waals surface area contributed by atoms with Crippen molar-refractivity contribution in [1.82, 2.24) is 20.2 Å². The summed E-state index contributed by atoms with van der Waals surface area (Å²) in [6.07, 6.45) is 5.15. The monoisotopic (exact) mass is 396 g/mol. The van der Waals surface area contributed by atoms with Crippen LogP contribution in [0.3, 0.4) is 0 Å². The number of aromatic nitrogens is 2. The van der Waals surface area contributed by atoms with E-state index in [-0.39, 0.29) is 24.3 Å². The van der Waals surface area contributed by atoms with Crippen molar-refractivity contribution < 1.29 is 9.59 Å². The fraction of sp³-hybridized carbons (Fsp3) is 0.478. The molecule has 1 N–H and O–H groups in total. The molecule has 0 saturated carbocycles. The molecule has 0 spiro atoms. The Labute approximate surface area is 173 Å². The van der Waals surface area contributed by atoms with Gasteiger partial charge in [-0.05, 0) is 38.2 Å². The summed E-state index contributed by atoms with van der Waals surface area (Å²) in [5, 5.41) is 3.04. The predicted molar refractivity (Wildman–Crippen MR) is 114 cm³/mol. The molecule has 1 heterocycles. The first-order valence-corrected chi connectivity index (χ1v) is 10.3. The molecule has 0 radical (unpaired) electrons. The number of hydrogen-bond acceptors (Lipinski definition) is 4. The Balaban J connectivity index is 1.84. The van der Waals surface area contributed by atoms with Crippen LogP contribution in [0.1, 0.15) is 55.4 Å². The van der Waals surface area contributed by atoms with E-state index in [0.717, 1.165) is 18.5 Å². The highest BCUT2D eigenvalue weighted by Crippen LogP contribution is 2.08. The number of nitrogens with zero attached hydrogens (tertiary/aromatic N) is 3. The van der Waals surface area contributed by atoms with Crippen LogP contribution in [0, 0.1) is 12.8 Å². The maximum atomic E-state index is 12.8. The molecule has 1 atom stereocenters. The van der Waals surface area contributed by atoms with E-state index in [1.165, 1.54) is 11.8 Å². The summed E-state index contributed by atoms with van der Waals surface area (Å²) in [6.45, 7) is 8.88. The molecule has 1 aromatic carbocycles. The van der Waals surface area contributed by atoms with Gasteiger partial charge in [0.2, 0.25) is 5.91 Å². The topological polar surface area (TPSA) is 75.2 Å². The predicted octanol–water partition coefficient (Wildman–Crippen LogP) is 3.41. The molecule has 0 saturated heterocycles. The molecular weight excluding hydrogens is 364 g/mol. The molecule has 2 aromatic rings. The van der Waals surface area contributed by atoms with Gasteiger partial charge in [-0.15, -0.1) is 0 Å². The Morgan fingerprint density at radius 2 is 1.79 bits per heavy atom. The number of hydrogen-bond donors (Lipinski definition) is 1. The number of rotatable bonds is 10. The van der Waals surface area contributed by atoms with E-state index in [1.807, 2.05) is 45.9 Å². The van der Waals surface area contributed by atoms with Crippen LogP contribution >= 0.6 is 0 Å². The van der Waals surface area contributed by atoms with Crippen LogP contribution in [0.5, 0.6) is 0 Å². The molecule has 0 aliphatic rings. The summed E-state index contributed by atoms with van der Waals surface area (Å²) in [4.78, 5) is 35.2. The summed E-state index contributed by atoms with van der Waals surface area (Å²) in [6, 6.07) is 10.3. The largest absolute Gasteiger partial charge is 0.354 e. The second-order valence-corrected chi connectivity index (χ2v) is 7.93. The highest BCUT2D eigenvalue weighted by molar-refractivity contribution is 5.92. The van der Waals surface area contributed by atoms with Crippen LogP contribution in [-0.2, 0) is 11.2 Å². The molecule has 2 amide bonds. The number of nitrogens with one attached hydrogen (secondary N) is 1. The van der Waals surface area contributed by atoms with E-state index in [4.69, 9.17) is 0 Å². The van der Waals surface area contributed by atoms with Gasteiger partial charge in [0.1, 0.15) is 5.69 Å². The van der Waals surface area contributed by atoms with Gasteiger partial charge in [0.25, 0.3) is 5.91 Å². The average Bonchev–Trinajstić information content (AvgIpc) is 2.70. The van der Waals surface area contributed by atoms with E-state index in [9.17, 15) is 9.59 Å². The lowest BCUT2D eigenvalue weighted by molar-refractivity contribution is -0.121. The minimum absolute atomic E-state index is 0.0397. The molecule has 0 bridgehead atoms. The lowest BCUT2D eigenvalue weighted by Gasteiger charge is -2.24. The van der Waals surface area contributed by atoms with Crippen molar-refractivity contribution in [2.75, 3.05) is 13.1 Å². The van der Waals surface area contributed by atoms with Gasteiger partial charge >= 0.3 is 0 Å². The SMILES string of the molecule is Cc1cnc(C(=O)N(CCC(=O)N[C@@H](C)CCc2ccccc2)CC(C)C)cn1. The van der Waals surface area contributed by atoms with E-state index in [1.54, 1.807) is 11.1 Å². The normalized spacial score (nSPS) is 11.9. The third-order valence-electron chi connectivity index (χ3n) is 4.60. The molecule has 6 heteroatoms. The first kappa shape index (κ1) is 22.5. The molecule has 2 rings (SSSR count). The molecule has 6 nitrogen and oxygen atoms in total. The zero-order valence-corrected chi connectivity index (χ0v) is 17.9. The molecule has 1 aromatic heterocycles. The Morgan fingerprint density at radius 1 is 1.07 bits per heavy atom. The standard InChI is InChI=1S/C23H32N4O2/c1-17(2)16-27(23(29)21-15-24-19(4)14-25-21)13-12-22(28)26-18(3)10-11-20-8-6-5-7-9-20/h5-9,14-15,17-18H,10-13,16H2,1-4H3,(H,26,28)/t18-/m0/s1. The van der Waals surface area contributed by atoms with Crippen molar-refractivity contribution in [3.8, 4) is 0 Å². The van der Waals surface area contributed by atoms with E-state index in [2.05, 4.69) is 27.4 Å². The van der Waals surface area contributed by atoms with Gasteiger partial charge in [-0.3, -0.25) is 14.6 Å². The second-order valence-electron chi connectivity index (χ2n) is 7.93. The first-order chi connectivity index (χ1) is 13.8. The van der Waals surface area contributed by atoms with Gasteiger partial charge < -0.3 is 10.2 Å². The first-order valence-electron chi connectivity index (χ1n) is 10.3. The maximum Gasteiger partial charge on any atom is 0.274 e. The zero-order valence-electron chi connectivity index (χ0n) is 17.9. The van der Waals surface area contributed by atoms with Crippen LogP contribution < -0.4 is 5.32 Å². The lowest BCUT2D eigenvalue weighted by atomic mass is 10.1. The number of aryl methyl sites for hydroxylation is 2. The van der Waals surface area contributed by atoms with Gasteiger partial charge in [0.15, 0.2) is 0 Å². The van der Waals surface area contributed by atoms with E-state index >= 15 is 0 Å². The summed E-state index contributed by atoms with van der Waals surface area (Å²) in [7, 11) is 0. The van der Waals surface area contributed by atoms with Crippen molar-refractivity contribution in [1.29, 1.82) is 0 Å². The van der Waals surface area contributed by atoms with Crippen molar-refractivity contribution in [2.24, 2.45) is 5.92 Å². The van der Waals surface area contributed by atoms with Crippen molar-refractivity contribution in [3.05, 3.63) is 59.7 Å². The van der Waals surface area contributed by atoms with Crippen LogP contribution in [0.4, 0.5) is 0 Å². The van der Waals surface area contributed by atoms with Crippen LogP contribution in [0.2, 0.25) is 0 Å². The minimum Gasteiger partial charge on any atom is -0.354 e. The lowest BCUT2D eigenvalue weighted by Crippen LogP contribution is -2.39. The Kier molecular flexibility index (Phi) is 8.77. The summed E-state index contributed by atoms with van der Waals surface area (Å²) < 4.78 is 0. The van der Waals surface area contributed by atoms with Gasteiger partial charge in [-0.1, -0.05) is 44.2 Å². The van der Waals surface area contributed by atoms with Crippen molar-refractivity contribution in [3.63, 3.8) is 0 Å². The van der Waals surface area contributed by atoms with Crippen LogP contribution in [0.15, 0.2) is 42.7 Å². The highest BCUT2D eigenvalue weighted by atomic mass is 16.2. The third-order valence-corrected chi connectivity index (χ3v) is 4.60. The van der Waals surface area contributed by atoms with Gasteiger partial charge in [-0.25, -0.2) is 4.98 Å². The Bertz CT molecular complexity index is 775. The summed E-state index contributed by atoms with van der Waals surface area (Å²) in [5.41, 5.74) is 2.34. The molecule has 156 valence electrons. The number of carbonyl (C=O) groups excluding carboxylic acids is 2. The van der Waals surface area contributed by atoms with Gasteiger partial charge in [-0.2, -0.15) is 0 Å². The van der Waals surface area contributed by atoms with Gasteiger partial charge in [0.05, 0.1) is 11.9 Å². The highest BCUT2D eigenvalue weighted by Gasteiger charge is 2.20. The number of benzene rings is 1. The van der Waals surface area contributed by atoms with Crippen LogP contribution in [-0.4, -0.2) is 45.8 Å². The average molecular weight is 397 g/mol. The van der Waals surface area contributed by atoms with E-state index < -0.39 is 0 Å². The van der Waals surface area contributed by atoms with E-state index in [0.29, 0.717) is 24.7 Å². The molecular formula is C23H32N4O2. The molecule has 0 unspecified atom stereocenters.